The molecule has 1 amide bonds. The Hall–Kier alpha value is -2.17. The third-order valence-electron chi connectivity index (χ3n) is 3.80. The molecule has 1 atom stereocenters. The van der Waals surface area contributed by atoms with Gasteiger partial charge in [-0.1, -0.05) is 6.07 Å². The van der Waals surface area contributed by atoms with Gasteiger partial charge in [0, 0.05) is 37.7 Å². The van der Waals surface area contributed by atoms with Crippen molar-refractivity contribution in [2.75, 3.05) is 6.54 Å². The van der Waals surface area contributed by atoms with Crippen molar-refractivity contribution in [2.24, 2.45) is 7.05 Å². The molecule has 20 heavy (non-hydrogen) atoms. The van der Waals surface area contributed by atoms with E-state index < -0.39 is 0 Å². The summed E-state index contributed by atoms with van der Waals surface area (Å²) < 4.78 is 1.69. The lowest BCUT2D eigenvalue weighted by molar-refractivity contribution is 0.0728. The van der Waals surface area contributed by atoms with Crippen LogP contribution in [0.1, 0.15) is 40.5 Å². The van der Waals surface area contributed by atoms with E-state index in [0.29, 0.717) is 5.69 Å². The molecule has 2 aromatic heterocycles. The largest absolute Gasteiger partial charge is 0.330 e. The van der Waals surface area contributed by atoms with E-state index >= 15 is 0 Å². The molecule has 0 N–H and O–H groups in total. The van der Waals surface area contributed by atoms with E-state index in [-0.39, 0.29) is 11.9 Å². The van der Waals surface area contributed by atoms with Crippen LogP contribution in [-0.4, -0.2) is 32.1 Å². The highest BCUT2D eigenvalue weighted by Gasteiger charge is 2.32. The Morgan fingerprint density at radius 1 is 1.45 bits per heavy atom. The Morgan fingerprint density at radius 2 is 2.30 bits per heavy atom. The number of pyridine rings is 1. The molecular formula is C15H18N4O. The first-order valence-corrected chi connectivity index (χ1v) is 6.88. The van der Waals surface area contributed by atoms with Crippen LogP contribution in [0.4, 0.5) is 0 Å². The van der Waals surface area contributed by atoms with Crippen molar-refractivity contribution in [2.45, 2.75) is 25.8 Å². The second-order valence-corrected chi connectivity index (χ2v) is 5.28. The van der Waals surface area contributed by atoms with E-state index in [1.165, 1.54) is 0 Å². The Bertz CT molecular complexity index is 620. The number of nitrogens with zero attached hydrogens (tertiary/aromatic N) is 4. The Balaban J connectivity index is 1.89. The first-order chi connectivity index (χ1) is 9.66. The van der Waals surface area contributed by atoms with Gasteiger partial charge in [-0.25, -0.2) is 0 Å². The van der Waals surface area contributed by atoms with Gasteiger partial charge in [-0.15, -0.1) is 0 Å². The number of aromatic nitrogens is 3. The first-order valence-electron chi connectivity index (χ1n) is 6.88. The molecule has 3 rings (SSSR count). The zero-order valence-electron chi connectivity index (χ0n) is 11.8. The predicted octanol–water partition coefficient (Wildman–Crippen LogP) is 2.10. The van der Waals surface area contributed by atoms with Gasteiger partial charge >= 0.3 is 0 Å². The summed E-state index contributed by atoms with van der Waals surface area (Å²) in [5, 5.41) is 4.29. The number of rotatable bonds is 2. The van der Waals surface area contributed by atoms with Gasteiger partial charge in [0.05, 0.1) is 6.04 Å². The summed E-state index contributed by atoms with van der Waals surface area (Å²) in [5.74, 6) is 0.0226. The van der Waals surface area contributed by atoms with Gasteiger partial charge in [-0.2, -0.15) is 5.10 Å². The molecule has 0 aliphatic carbocycles. The lowest BCUT2D eigenvalue weighted by Gasteiger charge is -2.24. The summed E-state index contributed by atoms with van der Waals surface area (Å²) >= 11 is 0. The van der Waals surface area contributed by atoms with Crippen molar-refractivity contribution in [3.8, 4) is 0 Å². The lowest BCUT2D eigenvalue weighted by Crippen LogP contribution is -2.31. The van der Waals surface area contributed by atoms with Crippen LogP contribution in [0.25, 0.3) is 0 Å². The normalized spacial score (nSPS) is 18.5. The van der Waals surface area contributed by atoms with Gasteiger partial charge < -0.3 is 4.90 Å². The smallest absolute Gasteiger partial charge is 0.275 e. The van der Waals surface area contributed by atoms with Gasteiger partial charge in [0.2, 0.25) is 0 Å². The van der Waals surface area contributed by atoms with E-state index in [1.54, 1.807) is 10.9 Å². The van der Waals surface area contributed by atoms with Crippen LogP contribution in [0.5, 0.6) is 0 Å². The molecule has 0 saturated carbocycles. The maximum absolute atomic E-state index is 12.7. The summed E-state index contributed by atoms with van der Waals surface area (Å²) in [7, 11) is 1.84. The molecule has 1 aliphatic rings. The van der Waals surface area contributed by atoms with Crippen LogP contribution in [0.2, 0.25) is 0 Å². The minimum Gasteiger partial charge on any atom is -0.330 e. The third-order valence-corrected chi connectivity index (χ3v) is 3.80. The maximum Gasteiger partial charge on any atom is 0.275 e. The van der Waals surface area contributed by atoms with Gasteiger partial charge in [0.25, 0.3) is 5.91 Å². The number of amides is 1. The van der Waals surface area contributed by atoms with Crippen molar-refractivity contribution in [3.63, 3.8) is 0 Å². The average molecular weight is 270 g/mol. The maximum atomic E-state index is 12.7. The topological polar surface area (TPSA) is 51.0 Å². The van der Waals surface area contributed by atoms with Crippen LogP contribution in [0.3, 0.4) is 0 Å². The summed E-state index contributed by atoms with van der Waals surface area (Å²) in [6, 6.07) is 4.08. The van der Waals surface area contributed by atoms with Crippen LogP contribution in [0.15, 0.2) is 30.7 Å². The quantitative estimate of drug-likeness (QED) is 0.839. The first kappa shape index (κ1) is 12.8. The van der Waals surface area contributed by atoms with Crippen molar-refractivity contribution in [1.82, 2.24) is 19.7 Å². The molecule has 1 saturated heterocycles. The highest BCUT2D eigenvalue weighted by Crippen LogP contribution is 2.32. The zero-order chi connectivity index (χ0) is 14.1. The van der Waals surface area contributed by atoms with E-state index in [9.17, 15) is 4.79 Å². The van der Waals surface area contributed by atoms with Crippen molar-refractivity contribution in [3.05, 3.63) is 47.5 Å². The number of aryl methyl sites for hydroxylation is 2. The molecule has 1 aliphatic heterocycles. The molecule has 1 fully saturated rings. The van der Waals surface area contributed by atoms with E-state index in [2.05, 4.69) is 10.1 Å². The second-order valence-electron chi connectivity index (χ2n) is 5.28. The fraction of sp³-hybridized carbons (Fsp3) is 0.400. The molecule has 0 radical (unpaired) electrons. The fourth-order valence-electron chi connectivity index (χ4n) is 2.88. The van der Waals surface area contributed by atoms with Crippen molar-refractivity contribution >= 4 is 5.91 Å². The van der Waals surface area contributed by atoms with Gasteiger partial charge in [0.15, 0.2) is 5.69 Å². The Morgan fingerprint density at radius 3 is 2.95 bits per heavy atom. The zero-order valence-corrected chi connectivity index (χ0v) is 11.8. The molecule has 0 spiro atoms. The predicted molar refractivity (Wildman–Crippen MR) is 75.2 cm³/mol. The highest BCUT2D eigenvalue weighted by atomic mass is 16.2. The van der Waals surface area contributed by atoms with Crippen LogP contribution >= 0.6 is 0 Å². The standard InChI is InChI=1S/C15H18N4O/c1-11-10-18(2)17-14(11)15(20)19-8-4-6-13(19)12-5-3-7-16-9-12/h3,5,7,9-10,13H,4,6,8H2,1-2H3. The van der Waals surface area contributed by atoms with E-state index in [4.69, 9.17) is 0 Å². The number of carbonyl (C=O) groups is 1. The van der Waals surface area contributed by atoms with E-state index in [0.717, 1.165) is 30.5 Å². The van der Waals surface area contributed by atoms with Gasteiger partial charge in [-0.05, 0) is 31.4 Å². The molecule has 1 unspecified atom stereocenters. The molecule has 2 aromatic rings. The molecule has 5 nitrogen and oxygen atoms in total. The Labute approximate surface area is 118 Å². The van der Waals surface area contributed by atoms with Crippen molar-refractivity contribution in [1.29, 1.82) is 0 Å². The summed E-state index contributed by atoms with van der Waals surface area (Å²) in [4.78, 5) is 18.8. The number of hydrogen-bond acceptors (Lipinski definition) is 3. The minimum absolute atomic E-state index is 0.0226. The van der Waals surface area contributed by atoms with Crippen molar-refractivity contribution < 1.29 is 4.79 Å². The molecule has 5 heteroatoms. The average Bonchev–Trinajstić information content (AvgIpc) is 3.05. The minimum atomic E-state index is 0.0226. The van der Waals surface area contributed by atoms with Crippen LogP contribution < -0.4 is 0 Å². The third kappa shape index (κ3) is 2.19. The molecule has 0 aromatic carbocycles. The lowest BCUT2D eigenvalue weighted by atomic mass is 10.1. The molecule has 3 heterocycles. The fourth-order valence-corrected chi connectivity index (χ4v) is 2.88. The number of likely N-dealkylation sites (tertiary alicyclic amines) is 1. The molecule has 0 bridgehead atoms. The summed E-state index contributed by atoms with van der Waals surface area (Å²) in [6.07, 6.45) is 7.50. The molecular weight excluding hydrogens is 252 g/mol. The van der Waals surface area contributed by atoms with Crippen LogP contribution in [0, 0.1) is 6.92 Å². The van der Waals surface area contributed by atoms with Gasteiger partial charge in [-0.3, -0.25) is 14.5 Å². The SMILES string of the molecule is Cc1cn(C)nc1C(=O)N1CCCC1c1cccnc1. The number of hydrogen-bond donors (Lipinski definition) is 0. The van der Waals surface area contributed by atoms with E-state index in [1.807, 2.05) is 43.4 Å². The summed E-state index contributed by atoms with van der Waals surface area (Å²) in [6.45, 7) is 2.71. The highest BCUT2D eigenvalue weighted by molar-refractivity contribution is 5.94. The monoisotopic (exact) mass is 270 g/mol. The van der Waals surface area contributed by atoms with Gasteiger partial charge in [0.1, 0.15) is 0 Å². The Kier molecular flexibility index (Phi) is 3.26. The molecule has 104 valence electrons. The second kappa shape index (κ2) is 5.07. The number of carbonyl (C=O) groups excluding carboxylic acids is 1. The summed E-state index contributed by atoms with van der Waals surface area (Å²) in [5.41, 5.74) is 2.59. The van der Waals surface area contributed by atoms with Crippen LogP contribution in [-0.2, 0) is 7.05 Å².